The Balaban J connectivity index is 1.77. The molecule has 0 atom stereocenters. The molecular formula is C18H20N4O. The van der Waals surface area contributed by atoms with Crippen molar-refractivity contribution >= 4 is 22.5 Å². The number of carbonyl (C=O) groups is 1. The first kappa shape index (κ1) is 14.1. The maximum absolute atomic E-state index is 11.5. The SMILES string of the molecule is CC(=O)N(C)c1ccc2cc(-c3n[nH]c4c3CCCC4)[nH]c2c1. The number of benzene rings is 1. The number of hydrogen-bond donors (Lipinski definition) is 2. The highest BCUT2D eigenvalue weighted by Gasteiger charge is 2.19. The molecule has 5 nitrogen and oxygen atoms in total. The summed E-state index contributed by atoms with van der Waals surface area (Å²) in [5.41, 5.74) is 6.63. The highest BCUT2D eigenvalue weighted by molar-refractivity contribution is 5.95. The third-order valence-corrected chi connectivity index (χ3v) is 4.78. The fourth-order valence-electron chi connectivity index (χ4n) is 3.34. The summed E-state index contributed by atoms with van der Waals surface area (Å²) in [6, 6.07) is 8.17. The molecule has 0 aliphatic heterocycles. The van der Waals surface area contributed by atoms with Crippen molar-refractivity contribution in [3.05, 3.63) is 35.5 Å². The van der Waals surface area contributed by atoms with Crippen molar-refractivity contribution in [3.8, 4) is 11.4 Å². The maximum Gasteiger partial charge on any atom is 0.223 e. The number of H-pyrrole nitrogens is 2. The van der Waals surface area contributed by atoms with Crippen LogP contribution in [-0.4, -0.2) is 28.1 Å². The molecule has 1 amide bonds. The third kappa shape index (κ3) is 2.32. The minimum absolute atomic E-state index is 0.0255. The molecule has 3 aromatic rings. The predicted molar refractivity (Wildman–Crippen MR) is 91.6 cm³/mol. The lowest BCUT2D eigenvalue weighted by molar-refractivity contribution is -0.116. The summed E-state index contributed by atoms with van der Waals surface area (Å²) in [4.78, 5) is 16.6. The average Bonchev–Trinajstić information content (AvgIpc) is 3.16. The van der Waals surface area contributed by atoms with Crippen molar-refractivity contribution in [1.82, 2.24) is 15.2 Å². The summed E-state index contributed by atoms with van der Waals surface area (Å²) >= 11 is 0. The van der Waals surface area contributed by atoms with E-state index in [1.54, 1.807) is 18.9 Å². The van der Waals surface area contributed by atoms with Crippen molar-refractivity contribution < 1.29 is 4.79 Å². The first-order valence-corrected chi connectivity index (χ1v) is 8.07. The Morgan fingerprint density at radius 3 is 2.87 bits per heavy atom. The molecule has 0 spiro atoms. The quantitative estimate of drug-likeness (QED) is 0.762. The van der Waals surface area contributed by atoms with E-state index in [0.29, 0.717) is 0 Å². The van der Waals surface area contributed by atoms with Gasteiger partial charge in [0.2, 0.25) is 5.91 Å². The lowest BCUT2D eigenvalue weighted by atomic mass is 9.95. The topological polar surface area (TPSA) is 64.8 Å². The number of aromatic nitrogens is 3. The number of aryl methyl sites for hydroxylation is 1. The highest BCUT2D eigenvalue weighted by atomic mass is 16.2. The Morgan fingerprint density at radius 1 is 1.22 bits per heavy atom. The van der Waals surface area contributed by atoms with Gasteiger partial charge in [-0.3, -0.25) is 9.89 Å². The fourth-order valence-corrected chi connectivity index (χ4v) is 3.34. The number of aromatic amines is 2. The Morgan fingerprint density at radius 2 is 2.04 bits per heavy atom. The zero-order chi connectivity index (χ0) is 16.0. The van der Waals surface area contributed by atoms with Crippen LogP contribution < -0.4 is 4.90 Å². The van der Waals surface area contributed by atoms with E-state index in [4.69, 9.17) is 0 Å². The van der Waals surface area contributed by atoms with E-state index < -0.39 is 0 Å². The van der Waals surface area contributed by atoms with E-state index in [0.717, 1.165) is 40.8 Å². The van der Waals surface area contributed by atoms with Crippen LogP contribution in [0, 0.1) is 0 Å². The van der Waals surface area contributed by atoms with E-state index in [2.05, 4.69) is 21.2 Å². The Hall–Kier alpha value is -2.56. The molecule has 1 aliphatic carbocycles. The molecule has 0 unspecified atom stereocenters. The third-order valence-electron chi connectivity index (χ3n) is 4.78. The number of nitrogens with zero attached hydrogens (tertiary/aromatic N) is 2. The lowest BCUT2D eigenvalue weighted by Gasteiger charge is -2.14. The smallest absolute Gasteiger partial charge is 0.223 e. The van der Waals surface area contributed by atoms with Gasteiger partial charge in [-0.1, -0.05) is 6.07 Å². The van der Waals surface area contributed by atoms with E-state index in [-0.39, 0.29) is 5.91 Å². The summed E-state index contributed by atoms with van der Waals surface area (Å²) in [7, 11) is 1.79. The minimum atomic E-state index is 0.0255. The van der Waals surface area contributed by atoms with Gasteiger partial charge in [0.25, 0.3) is 0 Å². The second-order valence-corrected chi connectivity index (χ2v) is 6.27. The first-order chi connectivity index (χ1) is 11.1. The first-order valence-electron chi connectivity index (χ1n) is 8.07. The van der Waals surface area contributed by atoms with Crippen LogP contribution in [0.15, 0.2) is 24.3 Å². The van der Waals surface area contributed by atoms with Crippen LogP contribution in [0.5, 0.6) is 0 Å². The van der Waals surface area contributed by atoms with Gasteiger partial charge in [0.1, 0.15) is 5.69 Å². The largest absolute Gasteiger partial charge is 0.353 e. The monoisotopic (exact) mass is 308 g/mol. The number of fused-ring (bicyclic) bond motifs is 2. The number of nitrogens with one attached hydrogen (secondary N) is 2. The number of carbonyl (C=O) groups excluding carboxylic acids is 1. The van der Waals surface area contributed by atoms with Gasteiger partial charge < -0.3 is 9.88 Å². The normalized spacial score (nSPS) is 14.0. The lowest BCUT2D eigenvalue weighted by Crippen LogP contribution is -2.22. The van der Waals surface area contributed by atoms with Gasteiger partial charge in [-0.15, -0.1) is 0 Å². The van der Waals surface area contributed by atoms with Crippen molar-refractivity contribution in [2.24, 2.45) is 0 Å². The molecule has 4 rings (SSSR count). The van der Waals surface area contributed by atoms with Gasteiger partial charge in [0, 0.05) is 41.8 Å². The van der Waals surface area contributed by atoms with Crippen molar-refractivity contribution in [2.75, 3.05) is 11.9 Å². The predicted octanol–water partition coefficient (Wildman–Crippen LogP) is 3.42. The molecule has 2 aromatic heterocycles. The van der Waals surface area contributed by atoms with E-state index in [1.807, 2.05) is 18.2 Å². The van der Waals surface area contributed by atoms with Crippen LogP contribution >= 0.6 is 0 Å². The zero-order valence-corrected chi connectivity index (χ0v) is 13.4. The molecule has 0 fully saturated rings. The zero-order valence-electron chi connectivity index (χ0n) is 13.4. The van der Waals surface area contributed by atoms with Crippen LogP contribution in [0.1, 0.15) is 31.0 Å². The van der Waals surface area contributed by atoms with Crippen LogP contribution in [-0.2, 0) is 17.6 Å². The Bertz CT molecular complexity index is 890. The summed E-state index contributed by atoms with van der Waals surface area (Å²) in [6.45, 7) is 1.57. The van der Waals surface area contributed by atoms with Crippen LogP contribution in [0.3, 0.4) is 0 Å². The number of anilines is 1. The van der Waals surface area contributed by atoms with Gasteiger partial charge in [-0.05, 0) is 43.9 Å². The van der Waals surface area contributed by atoms with E-state index >= 15 is 0 Å². The van der Waals surface area contributed by atoms with Crippen molar-refractivity contribution in [2.45, 2.75) is 32.6 Å². The summed E-state index contributed by atoms with van der Waals surface area (Å²) in [6.07, 6.45) is 4.65. The molecule has 0 saturated carbocycles. The molecule has 118 valence electrons. The second-order valence-electron chi connectivity index (χ2n) is 6.27. The van der Waals surface area contributed by atoms with Gasteiger partial charge >= 0.3 is 0 Å². The molecule has 1 aliphatic rings. The average molecular weight is 308 g/mol. The highest BCUT2D eigenvalue weighted by Crippen LogP contribution is 2.32. The maximum atomic E-state index is 11.5. The molecule has 5 heteroatoms. The van der Waals surface area contributed by atoms with Crippen LogP contribution in [0.4, 0.5) is 5.69 Å². The van der Waals surface area contributed by atoms with Gasteiger partial charge in [0.15, 0.2) is 0 Å². The number of amides is 1. The number of hydrogen-bond acceptors (Lipinski definition) is 2. The van der Waals surface area contributed by atoms with Crippen LogP contribution in [0.25, 0.3) is 22.3 Å². The standard InChI is InChI=1S/C18H20N4O/c1-11(23)22(2)13-8-7-12-9-17(19-16(12)10-13)18-14-5-3-4-6-15(14)20-21-18/h7-10,19H,3-6H2,1-2H3,(H,20,21). The Labute approximate surface area is 134 Å². The summed E-state index contributed by atoms with van der Waals surface area (Å²) in [5.74, 6) is 0.0255. The van der Waals surface area contributed by atoms with Crippen molar-refractivity contribution in [3.63, 3.8) is 0 Å². The molecule has 2 N–H and O–H groups in total. The fraction of sp³-hybridized carbons (Fsp3) is 0.333. The van der Waals surface area contributed by atoms with Crippen molar-refractivity contribution in [1.29, 1.82) is 0 Å². The molecule has 1 aromatic carbocycles. The molecule has 2 heterocycles. The minimum Gasteiger partial charge on any atom is -0.353 e. The van der Waals surface area contributed by atoms with Crippen LogP contribution in [0.2, 0.25) is 0 Å². The van der Waals surface area contributed by atoms with E-state index in [1.165, 1.54) is 24.1 Å². The summed E-state index contributed by atoms with van der Waals surface area (Å²) < 4.78 is 0. The molecule has 0 saturated heterocycles. The molecule has 0 bridgehead atoms. The second kappa shape index (κ2) is 5.26. The van der Waals surface area contributed by atoms with Gasteiger partial charge in [-0.25, -0.2) is 0 Å². The molecule has 23 heavy (non-hydrogen) atoms. The molecule has 0 radical (unpaired) electrons. The van der Waals surface area contributed by atoms with Gasteiger partial charge in [-0.2, -0.15) is 5.10 Å². The summed E-state index contributed by atoms with van der Waals surface area (Å²) in [5, 5.41) is 8.85. The van der Waals surface area contributed by atoms with Gasteiger partial charge in [0.05, 0.1) is 5.69 Å². The van der Waals surface area contributed by atoms with E-state index in [9.17, 15) is 4.79 Å². The number of rotatable bonds is 2. The molecular weight excluding hydrogens is 288 g/mol. The Kier molecular flexibility index (Phi) is 3.22.